The smallest absolute Gasteiger partial charge is 0.255 e. The Morgan fingerprint density at radius 3 is 2.79 bits per heavy atom. The predicted octanol–water partition coefficient (Wildman–Crippen LogP) is 1.77. The largest absolute Gasteiger partial charge is 0.343 e. The van der Waals surface area contributed by atoms with Gasteiger partial charge in [0.2, 0.25) is 11.8 Å². The van der Waals surface area contributed by atoms with Crippen molar-refractivity contribution < 1.29 is 14.1 Å². The van der Waals surface area contributed by atoms with Crippen molar-refractivity contribution in [1.82, 2.24) is 20.4 Å². The van der Waals surface area contributed by atoms with Crippen LogP contribution in [-0.4, -0.2) is 44.5 Å². The molecule has 0 aliphatic carbocycles. The van der Waals surface area contributed by atoms with E-state index in [4.69, 9.17) is 4.52 Å². The van der Waals surface area contributed by atoms with E-state index in [-0.39, 0.29) is 11.8 Å². The number of thioether (sulfide) groups is 1. The number of nitrogens with zero attached hydrogens (tertiary/aromatic N) is 3. The molecule has 1 N–H and O–H groups in total. The molecule has 0 unspecified atom stereocenters. The lowest BCUT2D eigenvalue weighted by atomic mass is 10.1. The van der Waals surface area contributed by atoms with Crippen LogP contribution in [-0.2, 0) is 4.79 Å². The fraction of sp³-hybridized carbons (Fsp3) is 0.375. The lowest BCUT2D eigenvalue weighted by Crippen LogP contribution is -2.47. The Morgan fingerprint density at radius 1 is 1.38 bits per heavy atom. The van der Waals surface area contributed by atoms with E-state index in [0.29, 0.717) is 28.9 Å². The highest BCUT2D eigenvalue weighted by atomic mass is 32.2. The van der Waals surface area contributed by atoms with Gasteiger partial charge in [-0.15, -0.1) is 11.8 Å². The molecule has 0 saturated carbocycles. The maximum absolute atomic E-state index is 12.6. The van der Waals surface area contributed by atoms with Crippen molar-refractivity contribution in [2.75, 3.05) is 11.6 Å². The van der Waals surface area contributed by atoms with Crippen LogP contribution in [0, 0.1) is 6.92 Å². The van der Waals surface area contributed by atoms with Crippen LogP contribution < -0.4 is 5.32 Å². The van der Waals surface area contributed by atoms with Gasteiger partial charge in [0.25, 0.3) is 5.91 Å². The standard InChI is InChI=1S/C16H18N4O3S/c1-10(15-18-11(2)19-23-15)17-14(21)13-8-24-9-20(13)16(22)12-6-4-3-5-7-12/h3-7,10,13H,8-9H2,1-2H3,(H,17,21)/t10-,13+/m1/s1. The summed E-state index contributed by atoms with van der Waals surface area (Å²) >= 11 is 1.56. The summed E-state index contributed by atoms with van der Waals surface area (Å²) in [6.07, 6.45) is 0. The lowest BCUT2D eigenvalue weighted by Gasteiger charge is -2.24. The highest BCUT2D eigenvalue weighted by Crippen LogP contribution is 2.24. The van der Waals surface area contributed by atoms with Gasteiger partial charge in [-0.25, -0.2) is 0 Å². The van der Waals surface area contributed by atoms with Crippen molar-refractivity contribution in [2.24, 2.45) is 0 Å². The molecule has 2 atom stereocenters. The number of aryl methyl sites for hydroxylation is 1. The molecular weight excluding hydrogens is 328 g/mol. The molecule has 0 spiro atoms. The van der Waals surface area contributed by atoms with E-state index in [1.807, 2.05) is 18.2 Å². The molecule has 8 heteroatoms. The first-order valence-electron chi connectivity index (χ1n) is 7.60. The fourth-order valence-corrected chi connectivity index (χ4v) is 3.62. The Kier molecular flexibility index (Phi) is 4.84. The highest BCUT2D eigenvalue weighted by Gasteiger charge is 2.36. The molecule has 7 nitrogen and oxygen atoms in total. The molecule has 2 aromatic rings. The molecule has 1 aromatic carbocycles. The van der Waals surface area contributed by atoms with Gasteiger partial charge in [-0.05, 0) is 26.0 Å². The molecule has 24 heavy (non-hydrogen) atoms. The zero-order valence-electron chi connectivity index (χ0n) is 13.4. The van der Waals surface area contributed by atoms with Gasteiger partial charge in [-0.3, -0.25) is 9.59 Å². The Labute approximate surface area is 143 Å². The van der Waals surface area contributed by atoms with Crippen molar-refractivity contribution in [2.45, 2.75) is 25.9 Å². The van der Waals surface area contributed by atoms with Crippen molar-refractivity contribution in [3.8, 4) is 0 Å². The number of hydrogen-bond donors (Lipinski definition) is 1. The summed E-state index contributed by atoms with van der Waals surface area (Å²) in [7, 11) is 0. The molecule has 3 rings (SSSR count). The van der Waals surface area contributed by atoms with Crippen LogP contribution in [0.4, 0.5) is 0 Å². The van der Waals surface area contributed by atoms with E-state index in [2.05, 4.69) is 15.5 Å². The second kappa shape index (κ2) is 7.04. The van der Waals surface area contributed by atoms with E-state index in [1.54, 1.807) is 42.6 Å². The second-order valence-electron chi connectivity index (χ2n) is 5.57. The van der Waals surface area contributed by atoms with E-state index in [0.717, 1.165) is 0 Å². The zero-order chi connectivity index (χ0) is 17.1. The van der Waals surface area contributed by atoms with Crippen molar-refractivity contribution in [3.63, 3.8) is 0 Å². The summed E-state index contributed by atoms with van der Waals surface area (Å²) < 4.78 is 5.07. The minimum absolute atomic E-state index is 0.137. The number of rotatable bonds is 4. The molecule has 2 heterocycles. The Balaban J connectivity index is 1.68. The van der Waals surface area contributed by atoms with Crippen LogP contribution in [0.15, 0.2) is 34.9 Å². The highest BCUT2D eigenvalue weighted by molar-refractivity contribution is 7.99. The third-order valence-corrected chi connectivity index (χ3v) is 4.75. The molecule has 1 saturated heterocycles. The van der Waals surface area contributed by atoms with Gasteiger partial charge >= 0.3 is 0 Å². The topological polar surface area (TPSA) is 88.3 Å². The summed E-state index contributed by atoms with van der Waals surface area (Å²) in [4.78, 5) is 30.9. The molecule has 1 aromatic heterocycles. The van der Waals surface area contributed by atoms with E-state index in [1.165, 1.54) is 0 Å². The minimum atomic E-state index is -0.505. The number of hydrogen-bond acceptors (Lipinski definition) is 6. The van der Waals surface area contributed by atoms with Gasteiger partial charge in [0, 0.05) is 11.3 Å². The molecule has 1 aliphatic rings. The SMILES string of the molecule is Cc1noc([C@@H](C)NC(=O)[C@@H]2CSCN2C(=O)c2ccccc2)n1. The van der Waals surface area contributed by atoms with Crippen LogP contribution >= 0.6 is 11.8 Å². The maximum Gasteiger partial charge on any atom is 0.255 e. The molecular formula is C16H18N4O3S. The number of carbonyl (C=O) groups is 2. The summed E-state index contributed by atoms with van der Waals surface area (Å²) in [6, 6.07) is 8.08. The number of amides is 2. The van der Waals surface area contributed by atoms with Crippen LogP contribution in [0.3, 0.4) is 0 Å². The average molecular weight is 346 g/mol. The Morgan fingerprint density at radius 2 is 2.12 bits per heavy atom. The summed E-state index contributed by atoms with van der Waals surface area (Å²) in [5.74, 6) is 1.59. The molecule has 126 valence electrons. The summed E-state index contributed by atoms with van der Waals surface area (Å²) in [5.41, 5.74) is 0.582. The van der Waals surface area contributed by atoms with Gasteiger partial charge < -0.3 is 14.7 Å². The van der Waals surface area contributed by atoms with Crippen LogP contribution in [0.5, 0.6) is 0 Å². The summed E-state index contributed by atoms with van der Waals surface area (Å²) in [6.45, 7) is 3.49. The summed E-state index contributed by atoms with van der Waals surface area (Å²) in [5, 5.41) is 6.56. The zero-order valence-corrected chi connectivity index (χ0v) is 14.2. The second-order valence-corrected chi connectivity index (χ2v) is 6.57. The molecule has 0 bridgehead atoms. The van der Waals surface area contributed by atoms with E-state index < -0.39 is 12.1 Å². The third-order valence-electron chi connectivity index (χ3n) is 3.74. The van der Waals surface area contributed by atoms with Gasteiger partial charge in [0.05, 0.1) is 5.88 Å². The fourth-order valence-electron chi connectivity index (χ4n) is 2.47. The monoisotopic (exact) mass is 346 g/mol. The number of aromatic nitrogens is 2. The first-order valence-corrected chi connectivity index (χ1v) is 8.76. The minimum Gasteiger partial charge on any atom is -0.343 e. The predicted molar refractivity (Wildman–Crippen MR) is 89.3 cm³/mol. The average Bonchev–Trinajstić information content (AvgIpc) is 3.24. The van der Waals surface area contributed by atoms with Gasteiger partial charge in [-0.2, -0.15) is 4.98 Å². The van der Waals surface area contributed by atoms with Gasteiger partial charge in [0.15, 0.2) is 5.82 Å². The third kappa shape index (κ3) is 3.43. The molecule has 0 radical (unpaired) electrons. The Bertz CT molecular complexity index is 734. The van der Waals surface area contributed by atoms with Crippen molar-refractivity contribution in [3.05, 3.63) is 47.6 Å². The van der Waals surface area contributed by atoms with E-state index in [9.17, 15) is 9.59 Å². The van der Waals surface area contributed by atoms with Crippen LogP contribution in [0.25, 0.3) is 0 Å². The maximum atomic E-state index is 12.6. The normalized spacial score (nSPS) is 18.4. The molecule has 2 amide bonds. The number of nitrogens with one attached hydrogen (secondary N) is 1. The molecule has 1 fully saturated rings. The van der Waals surface area contributed by atoms with Gasteiger partial charge in [-0.1, -0.05) is 23.4 Å². The lowest BCUT2D eigenvalue weighted by molar-refractivity contribution is -0.125. The van der Waals surface area contributed by atoms with Crippen LogP contribution in [0.1, 0.15) is 35.0 Å². The quantitative estimate of drug-likeness (QED) is 0.908. The van der Waals surface area contributed by atoms with Crippen molar-refractivity contribution >= 4 is 23.6 Å². The first-order chi connectivity index (χ1) is 11.6. The van der Waals surface area contributed by atoms with E-state index >= 15 is 0 Å². The number of benzene rings is 1. The Hall–Kier alpha value is -2.35. The first kappa shape index (κ1) is 16.5. The van der Waals surface area contributed by atoms with Crippen molar-refractivity contribution in [1.29, 1.82) is 0 Å². The van der Waals surface area contributed by atoms with Gasteiger partial charge in [0.1, 0.15) is 12.1 Å². The molecule has 1 aliphatic heterocycles. The number of carbonyl (C=O) groups excluding carboxylic acids is 2. The van der Waals surface area contributed by atoms with Crippen LogP contribution in [0.2, 0.25) is 0 Å².